The fraction of sp³-hybridized carbons (Fsp3) is 0.961. The van der Waals surface area contributed by atoms with Gasteiger partial charge in [-0.2, -0.15) is 0 Å². The molecule has 0 aliphatic rings. The third-order valence-electron chi connectivity index (χ3n) is 18.1. The van der Waals surface area contributed by atoms with Gasteiger partial charge in [-0.15, -0.1) is 0 Å². The van der Waals surface area contributed by atoms with Crippen LogP contribution in [-0.4, -0.2) is 37.2 Å². The van der Waals surface area contributed by atoms with Crippen molar-refractivity contribution in [2.75, 3.05) is 13.2 Å². The minimum atomic E-state index is -0.763. The highest BCUT2D eigenvalue weighted by Crippen LogP contribution is 2.20. The van der Waals surface area contributed by atoms with Crippen molar-refractivity contribution in [3.63, 3.8) is 0 Å². The lowest BCUT2D eigenvalue weighted by Gasteiger charge is -2.18. The van der Waals surface area contributed by atoms with Gasteiger partial charge in [-0.05, 0) is 19.3 Å². The van der Waals surface area contributed by atoms with E-state index in [0.717, 1.165) is 57.8 Å². The Morgan fingerprint density at radius 1 is 0.193 bits per heavy atom. The lowest BCUT2D eigenvalue weighted by atomic mass is 10.0. The van der Waals surface area contributed by atoms with Crippen LogP contribution in [0.5, 0.6) is 0 Å². The summed E-state index contributed by atoms with van der Waals surface area (Å²) in [6.07, 6.45) is 87.5. The third-order valence-corrected chi connectivity index (χ3v) is 18.1. The number of carbonyl (C=O) groups excluding carboxylic acids is 3. The fourth-order valence-electron chi connectivity index (χ4n) is 12.3. The average molecular weight is 1170 g/mol. The highest BCUT2D eigenvalue weighted by Gasteiger charge is 2.20. The van der Waals surface area contributed by atoms with E-state index in [4.69, 9.17) is 14.2 Å². The standard InChI is InChI=1S/C77H150O6/c1-4-7-10-13-16-19-22-24-26-28-30-32-34-36-38-40-41-43-45-47-49-51-53-55-58-61-64-67-70-76(79)82-73-74(72-81-75(78)69-66-63-60-57-21-18-15-12-9-6-3)83-77(80)71-68-65-62-59-56-54-52-50-48-46-44-42-39-37-35-33-31-29-27-25-23-20-17-14-11-8-5-2/h74H,4-73H2,1-3H3. The molecule has 1 atom stereocenters. The minimum Gasteiger partial charge on any atom is -0.462 e. The van der Waals surface area contributed by atoms with E-state index in [9.17, 15) is 14.4 Å². The highest BCUT2D eigenvalue weighted by molar-refractivity contribution is 5.71. The molecule has 0 aliphatic heterocycles. The summed E-state index contributed by atoms with van der Waals surface area (Å²) in [5, 5.41) is 0. The Bertz CT molecular complexity index is 1250. The molecule has 0 rings (SSSR count). The van der Waals surface area contributed by atoms with Crippen molar-refractivity contribution in [3.05, 3.63) is 0 Å². The molecule has 1 unspecified atom stereocenters. The zero-order valence-corrected chi connectivity index (χ0v) is 57.0. The van der Waals surface area contributed by atoms with Crippen LogP contribution in [0.3, 0.4) is 0 Å². The van der Waals surface area contributed by atoms with Gasteiger partial charge in [0.05, 0.1) is 0 Å². The van der Waals surface area contributed by atoms with E-state index in [0.29, 0.717) is 19.3 Å². The second-order valence-corrected chi connectivity index (χ2v) is 26.6. The van der Waals surface area contributed by atoms with Crippen LogP contribution in [0.1, 0.15) is 457 Å². The lowest BCUT2D eigenvalue weighted by Crippen LogP contribution is -2.30. The van der Waals surface area contributed by atoms with Crippen LogP contribution in [0.4, 0.5) is 0 Å². The van der Waals surface area contributed by atoms with Crippen LogP contribution < -0.4 is 0 Å². The number of esters is 3. The normalized spacial score (nSPS) is 11.9. The Kier molecular flexibility index (Phi) is 71.5. The summed E-state index contributed by atoms with van der Waals surface area (Å²) in [6, 6.07) is 0. The predicted octanol–water partition coefficient (Wildman–Crippen LogP) is 26.6. The van der Waals surface area contributed by atoms with Crippen molar-refractivity contribution < 1.29 is 28.6 Å². The Hall–Kier alpha value is -1.59. The van der Waals surface area contributed by atoms with Gasteiger partial charge < -0.3 is 14.2 Å². The molecule has 0 aromatic carbocycles. The highest BCUT2D eigenvalue weighted by atomic mass is 16.6. The van der Waals surface area contributed by atoms with Crippen LogP contribution in [0.15, 0.2) is 0 Å². The van der Waals surface area contributed by atoms with Gasteiger partial charge in [0.15, 0.2) is 6.10 Å². The van der Waals surface area contributed by atoms with Crippen molar-refractivity contribution in [3.8, 4) is 0 Å². The molecule has 6 nitrogen and oxygen atoms in total. The van der Waals surface area contributed by atoms with Gasteiger partial charge in [-0.1, -0.05) is 419 Å². The predicted molar refractivity (Wildman–Crippen MR) is 363 cm³/mol. The molecule has 0 spiro atoms. The molecular formula is C77H150O6. The lowest BCUT2D eigenvalue weighted by molar-refractivity contribution is -0.167. The third kappa shape index (κ3) is 71.1. The summed E-state index contributed by atoms with van der Waals surface area (Å²) in [7, 11) is 0. The molecular weight excluding hydrogens is 1020 g/mol. The van der Waals surface area contributed by atoms with Gasteiger partial charge in [-0.25, -0.2) is 0 Å². The van der Waals surface area contributed by atoms with E-state index < -0.39 is 6.10 Å². The van der Waals surface area contributed by atoms with Crippen LogP contribution in [0, 0.1) is 0 Å². The average Bonchev–Trinajstić information content (AvgIpc) is 3.48. The van der Waals surface area contributed by atoms with E-state index in [1.165, 1.54) is 360 Å². The maximum atomic E-state index is 13.0. The molecule has 0 aromatic heterocycles. The fourth-order valence-corrected chi connectivity index (χ4v) is 12.3. The quantitative estimate of drug-likeness (QED) is 0.0343. The first kappa shape index (κ1) is 81.4. The van der Waals surface area contributed by atoms with E-state index in [1.807, 2.05) is 0 Å². The first-order valence-corrected chi connectivity index (χ1v) is 38.5. The van der Waals surface area contributed by atoms with Crippen molar-refractivity contribution >= 4 is 17.9 Å². The van der Waals surface area contributed by atoms with E-state index in [1.54, 1.807) is 0 Å². The Morgan fingerprint density at radius 3 is 0.482 bits per heavy atom. The smallest absolute Gasteiger partial charge is 0.306 e. The first-order chi connectivity index (χ1) is 41.0. The zero-order chi connectivity index (χ0) is 59.9. The van der Waals surface area contributed by atoms with E-state index in [2.05, 4.69) is 20.8 Å². The van der Waals surface area contributed by atoms with Crippen molar-refractivity contribution in [1.82, 2.24) is 0 Å². The second kappa shape index (κ2) is 72.9. The molecule has 494 valence electrons. The molecule has 0 fully saturated rings. The maximum absolute atomic E-state index is 13.0. The van der Waals surface area contributed by atoms with Gasteiger partial charge in [0.1, 0.15) is 13.2 Å². The first-order valence-electron chi connectivity index (χ1n) is 38.5. The van der Waals surface area contributed by atoms with Gasteiger partial charge in [-0.3, -0.25) is 14.4 Å². The number of carbonyl (C=O) groups is 3. The molecule has 0 heterocycles. The summed E-state index contributed by atoms with van der Waals surface area (Å²) >= 11 is 0. The monoisotopic (exact) mass is 1170 g/mol. The Labute approximate surface area is 520 Å². The van der Waals surface area contributed by atoms with E-state index >= 15 is 0 Å². The van der Waals surface area contributed by atoms with Gasteiger partial charge in [0.2, 0.25) is 0 Å². The molecule has 0 bridgehead atoms. The molecule has 0 aliphatic carbocycles. The van der Waals surface area contributed by atoms with Crippen LogP contribution in [0.2, 0.25) is 0 Å². The van der Waals surface area contributed by atoms with Gasteiger partial charge in [0, 0.05) is 19.3 Å². The molecule has 0 radical (unpaired) electrons. The Morgan fingerprint density at radius 2 is 0.325 bits per heavy atom. The molecule has 0 amide bonds. The van der Waals surface area contributed by atoms with Crippen molar-refractivity contribution in [2.45, 2.75) is 463 Å². The number of ether oxygens (including phenoxy) is 3. The summed E-state index contributed by atoms with van der Waals surface area (Å²) in [4.78, 5) is 38.4. The molecule has 0 saturated carbocycles. The van der Waals surface area contributed by atoms with Crippen LogP contribution >= 0.6 is 0 Å². The van der Waals surface area contributed by atoms with Gasteiger partial charge in [0.25, 0.3) is 0 Å². The SMILES string of the molecule is CCCCCCCCCCCCCCCCCCCCCCCCCCCCCCC(=O)OCC(COC(=O)CCCCCCCCCCCC)OC(=O)CCCCCCCCCCCCCCCCCCCCCCCCCCCCC. The largest absolute Gasteiger partial charge is 0.462 e. The minimum absolute atomic E-state index is 0.0603. The van der Waals surface area contributed by atoms with Crippen LogP contribution in [-0.2, 0) is 28.6 Å². The molecule has 83 heavy (non-hydrogen) atoms. The molecule has 6 heteroatoms. The summed E-state index contributed by atoms with van der Waals surface area (Å²) in [5.41, 5.74) is 0. The number of hydrogen-bond acceptors (Lipinski definition) is 6. The topological polar surface area (TPSA) is 78.9 Å². The van der Waals surface area contributed by atoms with Crippen molar-refractivity contribution in [2.24, 2.45) is 0 Å². The van der Waals surface area contributed by atoms with Crippen LogP contribution in [0.25, 0.3) is 0 Å². The number of hydrogen-bond donors (Lipinski definition) is 0. The number of unbranched alkanes of at least 4 members (excludes halogenated alkanes) is 62. The second-order valence-electron chi connectivity index (χ2n) is 26.6. The molecule has 0 saturated heterocycles. The summed E-state index contributed by atoms with van der Waals surface area (Å²) in [6.45, 7) is 6.74. The Balaban J connectivity index is 4.06. The van der Waals surface area contributed by atoms with Crippen molar-refractivity contribution in [1.29, 1.82) is 0 Å². The maximum Gasteiger partial charge on any atom is 0.306 e. The van der Waals surface area contributed by atoms with Gasteiger partial charge >= 0.3 is 17.9 Å². The zero-order valence-electron chi connectivity index (χ0n) is 57.0. The van der Waals surface area contributed by atoms with E-state index in [-0.39, 0.29) is 31.1 Å². The molecule has 0 N–H and O–H groups in total. The molecule has 0 aromatic rings. The number of rotatable bonds is 73. The summed E-state index contributed by atoms with van der Waals surface area (Å²) in [5.74, 6) is -0.821. The summed E-state index contributed by atoms with van der Waals surface area (Å²) < 4.78 is 17.0.